The van der Waals surface area contributed by atoms with Crippen molar-refractivity contribution in [1.29, 1.82) is 0 Å². The van der Waals surface area contributed by atoms with E-state index in [1.165, 1.54) is 18.7 Å². The van der Waals surface area contributed by atoms with Gasteiger partial charge in [0.2, 0.25) is 5.91 Å². The summed E-state index contributed by atoms with van der Waals surface area (Å²) >= 11 is 0. The largest absolute Gasteiger partial charge is 0.480 e. The SMILES string of the molecule is CCCC(N)C(=O)N(CC)C(C)(C)C(=O)O. The van der Waals surface area contributed by atoms with E-state index in [0.717, 1.165) is 6.42 Å². The third kappa shape index (κ3) is 3.20. The Bertz CT molecular complexity index is 264. The first-order valence-corrected chi connectivity index (χ1v) is 5.59. The molecule has 0 aliphatic heterocycles. The molecule has 0 aliphatic rings. The molecule has 94 valence electrons. The number of nitrogens with two attached hydrogens (primary N) is 1. The molecule has 16 heavy (non-hydrogen) atoms. The van der Waals surface area contributed by atoms with Crippen LogP contribution in [-0.4, -0.2) is 40.0 Å². The fraction of sp³-hybridized carbons (Fsp3) is 0.818. The molecule has 0 fully saturated rings. The summed E-state index contributed by atoms with van der Waals surface area (Å²) < 4.78 is 0. The Morgan fingerprint density at radius 3 is 2.19 bits per heavy atom. The average molecular weight is 230 g/mol. The van der Waals surface area contributed by atoms with Gasteiger partial charge in [-0.15, -0.1) is 0 Å². The summed E-state index contributed by atoms with van der Waals surface area (Å²) in [6.45, 7) is 7.05. The number of aliphatic carboxylic acids is 1. The maximum atomic E-state index is 12.0. The van der Waals surface area contributed by atoms with Crippen molar-refractivity contribution in [3.63, 3.8) is 0 Å². The summed E-state index contributed by atoms with van der Waals surface area (Å²) in [5.74, 6) is -1.32. The van der Waals surface area contributed by atoms with Crippen LogP contribution in [0.25, 0.3) is 0 Å². The molecule has 0 saturated carbocycles. The second-order valence-corrected chi connectivity index (χ2v) is 4.34. The molecule has 1 amide bonds. The van der Waals surface area contributed by atoms with Crippen molar-refractivity contribution in [3.05, 3.63) is 0 Å². The molecular formula is C11H22N2O3. The summed E-state index contributed by atoms with van der Waals surface area (Å²) in [4.78, 5) is 24.3. The molecule has 3 N–H and O–H groups in total. The Morgan fingerprint density at radius 1 is 1.38 bits per heavy atom. The molecule has 0 saturated heterocycles. The molecule has 1 unspecified atom stereocenters. The van der Waals surface area contributed by atoms with Gasteiger partial charge in [-0.05, 0) is 27.2 Å². The molecule has 5 heteroatoms. The lowest BCUT2D eigenvalue weighted by atomic mass is 10.0. The zero-order valence-electron chi connectivity index (χ0n) is 10.5. The van der Waals surface area contributed by atoms with Crippen LogP contribution in [0.1, 0.15) is 40.5 Å². The summed E-state index contributed by atoms with van der Waals surface area (Å²) in [6, 6.07) is -0.608. The number of rotatable bonds is 6. The number of likely N-dealkylation sites (N-methyl/N-ethyl adjacent to an activating group) is 1. The second-order valence-electron chi connectivity index (χ2n) is 4.34. The maximum absolute atomic E-state index is 12.0. The Hall–Kier alpha value is -1.10. The van der Waals surface area contributed by atoms with Crippen LogP contribution in [0.2, 0.25) is 0 Å². The highest BCUT2D eigenvalue weighted by molar-refractivity contribution is 5.89. The van der Waals surface area contributed by atoms with Crippen LogP contribution < -0.4 is 5.73 Å². The first-order chi connectivity index (χ1) is 7.28. The van der Waals surface area contributed by atoms with Gasteiger partial charge in [0.05, 0.1) is 6.04 Å². The van der Waals surface area contributed by atoms with Gasteiger partial charge in [0.1, 0.15) is 5.54 Å². The highest BCUT2D eigenvalue weighted by Gasteiger charge is 2.38. The van der Waals surface area contributed by atoms with Crippen molar-refractivity contribution in [2.75, 3.05) is 6.54 Å². The lowest BCUT2D eigenvalue weighted by molar-refractivity contribution is -0.157. The van der Waals surface area contributed by atoms with Crippen molar-refractivity contribution in [3.8, 4) is 0 Å². The molecular weight excluding hydrogens is 208 g/mol. The topological polar surface area (TPSA) is 83.6 Å². The predicted octanol–water partition coefficient (Wildman–Crippen LogP) is 0.825. The van der Waals surface area contributed by atoms with Gasteiger partial charge in [-0.25, -0.2) is 4.79 Å². The first-order valence-electron chi connectivity index (χ1n) is 5.59. The third-order valence-corrected chi connectivity index (χ3v) is 2.70. The van der Waals surface area contributed by atoms with Crippen LogP contribution in [0.4, 0.5) is 0 Å². The summed E-state index contributed by atoms with van der Waals surface area (Å²) in [5.41, 5.74) is 4.51. The van der Waals surface area contributed by atoms with Gasteiger partial charge in [-0.3, -0.25) is 4.79 Å². The minimum atomic E-state index is -1.21. The number of carboxylic acids is 1. The minimum absolute atomic E-state index is 0.295. The molecule has 1 atom stereocenters. The highest BCUT2D eigenvalue weighted by Crippen LogP contribution is 2.16. The molecule has 0 aromatic carbocycles. The van der Waals surface area contributed by atoms with E-state index in [1.54, 1.807) is 6.92 Å². The van der Waals surface area contributed by atoms with Gasteiger partial charge < -0.3 is 15.7 Å². The molecule has 0 heterocycles. The average Bonchev–Trinajstić information content (AvgIpc) is 2.18. The number of carboxylic acid groups (broad SMARTS) is 1. The number of nitrogens with zero attached hydrogens (tertiary/aromatic N) is 1. The summed E-state index contributed by atoms with van der Waals surface area (Å²) in [6.07, 6.45) is 1.38. The molecule has 0 aliphatic carbocycles. The molecule has 0 rings (SSSR count). The fourth-order valence-corrected chi connectivity index (χ4v) is 1.58. The smallest absolute Gasteiger partial charge is 0.329 e. The van der Waals surface area contributed by atoms with Crippen molar-refractivity contribution >= 4 is 11.9 Å². The number of hydrogen-bond acceptors (Lipinski definition) is 3. The molecule has 0 aromatic rings. The van der Waals surface area contributed by atoms with Gasteiger partial charge in [-0.2, -0.15) is 0 Å². The molecule has 0 spiro atoms. The normalized spacial score (nSPS) is 13.3. The lowest BCUT2D eigenvalue weighted by Gasteiger charge is -2.35. The monoisotopic (exact) mass is 230 g/mol. The predicted molar refractivity (Wildman–Crippen MR) is 62.0 cm³/mol. The van der Waals surface area contributed by atoms with Crippen molar-refractivity contribution in [2.45, 2.75) is 52.1 Å². The standard InChI is InChI=1S/C11H22N2O3/c1-5-7-8(12)9(14)13(6-2)11(3,4)10(15)16/h8H,5-7,12H2,1-4H3,(H,15,16). The Morgan fingerprint density at radius 2 is 1.88 bits per heavy atom. The van der Waals surface area contributed by atoms with Crippen LogP contribution in [0, 0.1) is 0 Å². The van der Waals surface area contributed by atoms with Crippen LogP contribution >= 0.6 is 0 Å². The Labute approximate surface area is 96.6 Å². The van der Waals surface area contributed by atoms with E-state index in [-0.39, 0.29) is 5.91 Å². The Balaban J connectivity index is 4.86. The quantitative estimate of drug-likeness (QED) is 0.707. The van der Waals surface area contributed by atoms with E-state index >= 15 is 0 Å². The molecule has 0 bridgehead atoms. The number of carbonyl (C=O) groups is 2. The van der Waals surface area contributed by atoms with E-state index < -0.39 is 17.6 Å². The van der Waals surface area contributed by atoms with E-state index in [0.29, 0.717) is 13.0 Å². The van der Waals surface area contributed by atoms with Crippen molar-refractivity contribution in [1.82, 2.24) is 4.90 Å². The van der Waals surface area contributed by atoms with E-state index in [4.69, 9.17) is 10.8 Å². The first kappa shape index (κ1) is 14.9. The van der Waals surface area contributed by atoms with Gasteiger partial charge >= 0.3 is 5.97 Å². The van der Waals surface area contributed by atoms with E-state index in [2.05, 4.69) is 0 Å². The third-order valence-electron chi connectivity index (χ3n) is 2.70. The maximum Gasteiger partial charge on any atom is 0.329 e. The zero-order valence-corrected chi connectivity index (χ0v) is 10.5. The zero-order chi connectivity index (χ0) is 12.9. The highest BCUT2D eigenvalue weighted by atomic mass is 16.4. The minimum Gasteiger partial charge on any atom is -0.480 e. The van der Waals surface area contributed by atoms with Crippen LogP contribution in [0.5, 0.6) is 0 Å². The van der Waals surface area contributed by atoms with E-state index in [1.807, 2.05) is 6.92 Å². The summed E-state index contributed by atoms with van der Waals surface area (Å²) in [7, 11) is 0. The Kier molecular flexibility index (Phi) is 5.44. The fourth-order valence-electron chi connectivity index (χ4n) is 1.58. The van der Waals surface area contributed by atoms with Gasteiger partial charge in [0.15, 0.2) is 0 Å². The molecule has 0 aromatic heterocycles. The van der Waals surface area contributed by atoms with Gasteiger partial charge in [0.25, 0.3) is 0 Å². The van der Waals surface area contributed by atoms with Crippen LogP contribution in [-0.2, 0) is 9.59 Å². The van der Waals surface area contributed by atoms with Crippen molar-refractivity contribution < 1.29 is 14.7 Å². The number of carbonyl (C=O) groups excluding carboxylic acids is 1. The lowest BCUT2D eigenvalue weighted by Crippen LogP contribution is -2.57. The number of hydrogen-bond donors (Lipinski definition) is 2. The summed E-state index contributed by atoms with van der Waals surface area (Å²) in [5, 5.41) is 9.07. The van der Waals surface area contributed by atoms with Crippen LogP contribution in [0.3, 0.4) is 0 Å². The molecule has 0 radical (unpaired) electrons. The van der Waals surface area contributed by atoms with Gasteiger partial charge in [0, 0.05) is 6.54 Å². The van der Waals surface area contributed by atoms with Crippen LogP contribution in [0.15, 0.2) is 0 Å². The molecule has 5 nitrogen and oxygen atoms in total. The van der Waals surface area contributed by atoms with Gasteiger partial charge in [-0.1, -0.05) is 13.3 Å². The van der Waals surface area contributed by atoms with Crippen molar-refractivity contribution in [2.24, 2.45) is 5.73 Å². The van der Waals surface area contributed by atoms with E-state index in [9.17, 15) is 9.59 Å². The second kappa shape index (κ2) is 5.84. The number of amides is 1.